The highest BCUT2D eigenvalue weighted by molar-refractivity contribution is 7.90. The first-order valence-corrected chi connectivity index (χ1v) is 7.86. The van der Waals surface area contributed by atoms with Crippen LogP contribution in [0.15, 0.2) is 41.3 Å². The predicted octanol–water partition coefficient (Wildman–Crippen LogP) is 3.34. The molecule has 0 atom stereocenters. The van der Waals surface area contributed by atoms with E-state index < -0.39 is 21.4 Å². The molecule has 0 fully saturated rings. The zero-order chi connectivity index (χ0) is 14.9. The number of nitrogen functional groups attached to an aromatic ring is 1. The highest BCUT2D eigenvalue weighted by atomic mass is 35.5. The summed E-state index contributed by atoms with van der Waals surface area (Å²) in [4.78, 5) is 0.145. The van der Waals surface area contributed by atoms with Crippen LogP contribution in [-0.4, -0.2) is 8.42 Å². The maximum atomic E-state index is 13.8. The first-order valence-electron chi connectivity index (χ1n) is 5.83. The fourth-order valence-corrected chi connectivity index (χ4v) is 3.77. The number of aryl methyl sites for hydroxylation is 1. The maximum absolute atomic E-state index is 13.8. The third-order valence-corrected chi connectivity index (χ3v) is 5.02. The zero-order valence-corrected chi connectivity index (χ0v) is 12.3. The lowest BCUT2D eigenvalue weighted by Gasteiger charge is -2.09. The summed E-state index contributed by atoms with van der Waals surface area (Å²) in [6.45, 7) is 1.65. The van der Waals surface area contributed by atoms with Gasteiger partial charge in [0, 0.05) is 11.3 Å². The Balaban J connectivity index is 2.44. The molecule has 0 saturated heterocycles. The Kier molecular flexibility index (Phi) is 4.01. The van der Waals surface area contributed by atoms with E-state index in [1.165, 1.54) is 30.3 Å². The smallest absolute Gasteiger partial charge is 0.182 e. The van der Waals surface area contributed by atoms with Crippen molar-refractivity contribution >= 4 is 27.1 Å². The Hall–Kier alpha value is -1.59. The monoisotopic (exact) mass is 313 g/mol. The van der Waals surface area contributed by atoms with Crippen LogP contribution < -0.4 is 5.73 Å². The van der Waals surface area contributed by atoms with Crippen LogP contribution in [0.2, 0.25) is 5.02 Å². The van der Waals surface area contributed by atoms with Crippen LogP contribution in [0.1, 0.15) is 11.1 Å². The van der Waals surface area contributed by atoms with Gasteiger partial charge in [0.1, 0.15) is 5.82 Å². The molecule has 0 aromatic heterocycles. The molecule has 0 saturated carbocycles. The van der Waals surface area contributed by atoms with E-state index in [2.05, 4.69) is 0 Å². The number of halogens is 2. The Morgan fingerprint density at radius 2 is 1.95 bits per heavy atom. The molecule has 0 unspecified atom stereocenters. The molecule has 0 aliphatic rings. The molecular weight excluding hydrogens is 301 g/mol. The van der Waals surface area contributed by atoms with Gasteiger partial charge in [-0.1, -0.05) is 23.7 Å². The minimum absolute atomic E-state index is 0.0497. The van der Waals surface area contributed by atoms with Crippen molar-refractivity contribution in [1.29, 1.82) is 0 Å². The van der Waals surface area contributed by atoms with Gasteiger partial charge in [0.2, 0.25) is 0 Å². The van der Waals surface area contributed by atoms with Crippen molar-refractivity contribution < 1.29 is 12.8 Å². The molecule has 0 amide bonds. The van der Waals surface area contributed by atoms with Gasteiger partial charge in [0.15, 0.2) is 9.84 Å². The van der Waals surface area contributed by atoms with Gasteiger partial charge in [0.05, 0.1) is 15.7 Å². The van der Waals surface area contributed by atoms with Gasteiger partial charge in [-0.25, -0.2) is 12.8 Å². The third kappa shape index (κ3) is 2.94. The van der Waals surface area contributed by atoms with Crippen molar-refractivity contribution in [3.8, 4) is 0 Å². The van der Waals surface area contributed by atoms with Crippen molar-refractivity contribution in [1.82, 2.24) is 0 Å². The summed E-state index contributed by atoms with van der Waals surface area (Å²) < 4.78 is 38.5. The minimum Gasteiger partial charge on any atom is -0.399 e. The molecular formula is C14H13ClFNO2S. The summed E-state index contributed by atoms with van der Waals surface area (Å²) in [6, 6.07) is 8.82. The number of benzene rings is 2. The largest absolute Gasteiger partial charge is 0.399 e. The van der Waals surface area contributed by atoms with Crippen LogP contribution in [0.5, 0.6) is 0 Å². The number of anilines is 1. The topological polar surface area (TPSA) is 60.2 Å². The van der Waals surface area contributed by atoms with E-state index in [-0.39, 0.29) is 15.5 Å². The second-order valence-electron chi connectivity index (χ2n) is 4.50. The van der Waals surface area contributed by atoms with Crippen molar-refractivity contribution in [3.05, 3.63) is 58.4 Å². The Labute approximate surface area is 122 Å². The lowest BCUT2D eigenvalue weighted by molar-refractivity contribution is 0.586. The second-order valence-corrected chi connectivity index (χ2v) is 6.86. The molecule has 0 heterocycles. The van der Waals surface area contributed by atoms with Gasteiger partial charge in [-0.2, -0.15) is 0 Å². The van der Waals surface area contributed by atoms with Crippen LogP contribution in [-0.2, 0) is 15.6 Å². The predicted molar refractivity (Wildman–Crippen MR) is 77.9 cm³/mol. The molecule has 2 N–H and O–H groups in total. The van der Waals surface area contributed by atoms with E-state index in [9.17, 15) is 12.8 Å². The van der Waals surface area contributed by atoms with Gasteiger partial charge >= 0.3 is 0 Å². The third-order valence-electron chi connectivity index (χ3n) is 2.91. The van der Waals surface area contributed by atoms with E-state index in [1.807, 2.05) is 0 Å². The van der Waals surface area contributed by atoms with Crippen LogP contribution in [0.4, 0.5) is 10.1 Å². The molecule has 0 aliphatic carbocycles. The average molecular weight is 314 g/mol. The van der Waals surface area contributed by atoms with Crippen LogP contribution in [0.25, 0.3) is 0 Å². The summed E-state index contributed by atoms with van der Waals surface area (Å²) in [6.07, 6.45) is 0. The maximum Gasteiger partial charge on any atom is 0.182 e. The summed E-state index contributed by atoms with van der Waals surface area (Å²) >= 11 is 5.65. The second kappa shape index (κ2) is 5.42. The molecule has 106 valence electrons. The summed E-state index contributed by atoms with van der Waals surface area (Å²) in [7, 11) is -3.65. The molecule has 6 heteroatoms. The summed E-state index contributed by atoms with van der Waals surface area (Å²) in [5.74, 6) is -1.14. The minimum atomic E-state index is -3.65. The Bertz CT molecular complexity index is 760. The van der Waals surface area contributed by atoms with Crippen molar-refractivity contribution in [2.24, 2.45) is 0 Å². The number of rotatable bonds is 3. The number of hydrogen-bond acceptors (Lipinski definition) is 3. The van der Waals surface area contributed by atoms with Crippen LogP contribution in [0, 0.1) is 12.7 Å². The van der Waals surface area contributed by atoms with Gasteiger partial charge in [0.25, 0.3) is 0 Å². The van der Waals surface area contributed by atoms with E-state index >= 15 is 0 Å². The summed E-state index contributed by atoms with van der Waals surface area (Å²) in [5.41, 5.74) is 6.66. The molecule has 0 spiro atoms. The molecule has 0 bridgehead atoms. The van der Waals surface area contributed by atoms with Crippen LogP contribution in [0.3, 0.4) is 0 Å². The molecule has 2 rings (SSSR count). The number of hydrogen-bond donors (Lipinski definition) is 1. The lowest BCUT2D eigenvalue weighted by atomic mass is 10.2. The normalized spacial score (nSPS) is 11.6. The fourth-order valence-electron chi connectivity index (χ4n) is 1.96. The molecule has 2 aromatic rings. The molecule has 3 nitrogen and oxygen atoms in total. The quantitative estimate of drug-likeness (QED) is 0.884. The fraction of sp³-hybridized carbons (Fsp3) is 0.143. The van der Waals surface area contributed by atoms with E-state index in [0.717, 1.165) is 0 Å². The van der Waals surface area contributed by atoms with E-state index in [1.54, 1.807) is 13.0 Å². The number of sulfone groups is 1. The SMILES string of the molecule is Cc1cc(N)ccc1S(=O)(=O)Cc1cccc(Cl)c1F. The van der Waals surface area contributed by atoms with Crippen LogP contribution >= 0.6 is 11.6 Å². The average Bonchev–Trinajstić information content (AvgIpc) is 2.34. The first kappa shape index (κ1) is 14.8. The first-order chi connectivity index (χ1) is 9.31. The van der Waals surface area contributed by atoms with Crippen molar-refractivity contribution in [2.45, 2.75) is 17.6 Å². The van der Waals surface area contributed by atoms with Gasteiger partial charge in [-0.3, -0.25) is 0 Å². The van der Waals surface area contributed by atoms with Crippen molar-refractivity contribution in [2.75, 3.05) is 5.73 Å². The van der Waals surface area contributed by atoms with Gasteiger partial charge < -0.3 is 5.73 Å². The van der Waals surface area contributed by atoms with E-state index in [0.29, 0.717) is 11.3 Å². The molecule has 0 radical (unpaired) electrons. The van der Waals surface area contributed by atoms with E-state index in [4.69, 9.17) is 17.3 Å². The zero-order valence-electron chi connectivity index (χ0n) is 10.7. The van der Waals surface area contributed by atoms with Gasteiger partial charge in [-0.15, -0.1) is 0 Å². The molecule has 0 aliphatic heterocycles. The van der Waals surface area contributed by atoms with Gasteiger partial charge in [-0.05, 0) is 36.8 Å². The van der Waals surface area contributed by atoms with Crippen molar-refractivity contribution in [3.63, 3.8) is 0 Å². The highest BCUT2D eigenvalue weighted by Gasteiger charge is 2.20. The standard InChI is InChI=1S/C14H13ClFNO2S/c1-9-7-11(17)5-6-13(9)20(18,19)8-10-3-2-4-12(15)14(10)16/h2-7H,8,17H2,1H3. The molecule has 20 heavy (non-hydrogen) atoms. The Morgan fingerprint density at radius 3 is 2.60 bits per heavy atom. The lowest BCUT2D eigenvalue weighted by Crippen LogP contribution is -2.08. The highest BCUT2D eigenvalue weighted by Crippen LogP contribution is 2.25. The Morgan fingerprint density at radius 1 is 1.25 bits per heavy atom. The molecule has 2 aromatic carbocycles. The summed E-state index contributed by atoms with van der Waals surface area (Å²) in [5, 5.41) is -0.0910. The number of nitrogens with two attached hydrogens (primary N) is 1.